The average Bonchev–Trinajstić information content (AvgIpc) is 2.61. The Morgan fingerprint density at radius 3 is 2.08 bits per heavy atom. The van der Waals surface area contributed by atoms with Gasteiger partial charge in [0.2, 0.25) is 0 Å². The van der Waals surface area contributed by atoms with Crippen molar-refractivity contribution in [2.45, 2.75) is 26.7 Å². The zero-order valence-electron chi connectivity index (χ0n) is 14.1. The van der Waals surface area contributed by atoms with Crippen molar-refractivity contribution in [1.82, 2.24) is 0 Å². The standard InChI is InChI=1S/C9H10O3.C7H6O4.C2H6/c10-6-4-8(11)7-2-1-3-12-9(7)5-6;8-3-4-1-5(9)7(11)6(10)2-4;1-2/h4-5,10-11H,1-3H2;1-3,9-11H;1-2H3. The van der Waals surface area contributed by atoms with Crippen LogP contribution in [0.25, 0.3) is 0 Å². The Balaban J connectivity index is 0.000000229. The Morgan fingerprint density at radius 1 is 0.920 bits per heavy atom. The maximum Gasteiger partial charge on any atom is 0.200 e. The number of hydrogen-bond donors (Lipinski definition) is 5. The Labute approximate surface area is 145 Å². The van der Waals surface area contributed by atoms with Crippen molar-refractivity contribution in [2.24, 2.45) is 0 Å². The molecule has 5 N–H and O–H groups in total. The van der Waals surface area contributed by atoms with Gasteiger partial charge in [-0.15, -0.1) is 0 Å². The van der Waals surface area contributed by atoms with Crippen LogP contribution in [0.15, 0.2) is 24.3 Å². The maximum atomic E-state index is 10.1. The SMILES string of the molecule is CC.O=Cc1cc(O)c(O)c(O)c1.Oc1cc(O)c2c(c1)OCCC2. The summed E-state index contributed by atoms with van der Waals surface area (Å²) >= 11 is 0. The molecule has 0 bridgehead atoms. The van der Waals surface area contributed by atoms with Crippen LogP contribution >= 0.6 is 0 Å². The summed E-state index contributed by atoms with van der Waals surface area (Å²) in [7, 11) is 0. The summed E-state index contributed by atoms with van der Waals surface area (Å²) < 4.78 is 5.27. The van der Waals surface area contributed by atoms with E-state index in [4.69, 9.17) is 25.2 Å². The number of benzene rings is 2. The number of aromatic hydroxyl groups is 5. The zero-order valence-corrected chi connectivity index (χ0v) is 14.1. The van der Waals surface area contributed by atoms with E-state index in [0.717, 1.165) is 30.5 Å². The number of fused-ring (bicyclic) bond motifs is 1. The van der Waals surface area contributed by atoms with Gasteiger partial charge >= 0.3 is 0 Å². The fraction of sp³-hybridized carbons (Fsp3) is 0.278. The lowest BCUT2D eigenvalue weighted by Crippen LogP contribution is -2.07. The second kappa shape index (κ2) is 9.27. The fourth-order valence-electron chi connectivity index (χ4n) is 2.12. The quantitative estimate of drug-likeness (QED) is 0.395. The molecule has 0 saturated carbocycles. The molecule has 25 heavy (non-hydrogen) atoms. The van der Waals surface area contributed by atoms with Gasteiger partial charge in [-0.1, -0.05) is 13.8 Å². The molecule has 0 atom stereocenters. The maximum absolute atomic E-state index is 10.1. The molecule has 7 heteroatoms. The lowest BCUT2D eigenvalue weighted by atomic mass is 10.1. The molecule has 0 radical (unpaired) electrons. The molecule has 1 heterocycles. The first-order chi connectivity index (χ1) is 11.9. The molecule has 0 fully saturated rings. The highest BCUT2D eigenvalue weighted by atomic mass is 16.5. The van der Waals surface area contributed by atoms with Crippen molar-refractivity contribution in [2.75, 3.05) is 6.61 Å². The number of ether oxygens (including phenoxy) is 1. The molecule has 0 unspecified atom stereocenters. The molecule has 7 nitrogen and oxygen atoms in total. The van der Waals surface area contributed by atoms with Gasteiger partial charge in [0.1, 0.15) is 23.5 Å². The molecule has 136 valence electrons. The molecule has 0 aliphatic carbocycles. The van der Waals surface area contributed by atoms with Crippen molar-refractivity contribution in [1.29, 1.82) is 0 Å². The van der Waals surface area contributed by atoms with Crippen LogP contribution in [0.4, 0.5) is 0 Å². The van der Waals surface area contributed by atoms with E-state index in [0.29, 0.717) is 18.6 Å². The highest BCUT2D eigenvalue weighted by Crippen LogP contribution is 2.36. The van der Waals surface area contributed by atoms with Crippen LogP contribution in [-0.4, -0.2) is 38.4 Å². The number of phenols is 5. The number of carbonyl (C=O) groups is 1. The van der Waals surface area contributed by atoms with Gasteiger partial charge in [-0.2, -0.15) is 0 Å². The van der Waals surface area contributed by atoms with Crippen LogP contribution in [0.1, 0.15) is 36.2 Å². The number of aldehydes is 1. The van der Waals surface area contributed by atoms with Crippen LogP contribution in [0.2, 0.25) is 0 Å². The second-order valence-electron chi connectivity index (χ2n) is 4.92. The summed E-state index contributed by atoms with van der Waals surface area (Å²) in [6.07, 6.45) is 2.20. The first-order valence-electron chi connectivity index (χ1n) is 7.80. The predicted molar refractivity (Wildman–Crippen MR) is 91.8 cm³/mol. The molecular formula is C18H22O7. The first kappa shape index (κ1) is 20.0. The average molecular weight is 350 g/mol. The van der Waals surface area contributed by atoms with Gasteiger partial charge in [0.25, 0.3) is 0 Å². The van der Waals surface area contributed by atoms with Crippen LogP contribution in [0, 0.1) is 0 Å². The molecular weight excluding hydrogens is 328 g/mol. The van der Waals surface area contributed by atoms with E-state index in [1.54, 1.807) is 0 Å². The zero-order chi connectivity index (χ0) is 19.0. The smallest absolute Gasteiger partial charge is 0.200 e. The number of hydrogen-bond acceptors (Lipinski definition) is 7. The fourth-order valence-corrected chi connectivity index (χ4v) is 2.12. The van der Waals surface area contributed by atoms with Crippen molar-refractivity contribution in [3.05, 3.63) is 35.4 Å². The molecule has 0 spiro atoms. The third-order valence-corrected chi connectivity index (χ3v) is 3.23. The van der Waals surface area contributed by atoms with Gasteiger partial charge in [-0.25, -0.2) is 0 Å². The van der Waals surface area contributed by atoms with E-state index in [2.05, 4.69) is 0 Å². The van der Waals surface area contributed by atoms with Crippen LogP contribution in [0.5, 0.6) is 34.5 Å². The lowest BCUT2D eigenvalue weighted by Gasteiger charge is -2.17. The van der Waals surface area contributed by atoms with Gasteiger partial charge in [0.15, 0.2) is 17.2 Å². The molecule has 0 saturated heterocycles. The second-order valence-corrected chi connectivity index (χ2v) is 4.92. The molecule has 0 amide bonds. The molecule has 1 aliphatic heterocycles. The third-order valence-electron chi connectivity index (χ3n) is 3.23. The minimum absolute atomic E-state index is 0.0492. The normalized spacial score (nSPS) is 11.6. The molecule has 0 aromatic heterocycles. The summed E-state index contributed by atoms with van der Waals surface area (Å²) in [4.78, 5) is 10.1. The highest BCUT2D eigenvalue weighted by Gasteiger charge is 2.15. The minimum atomic E-state index is -0.615. The summed E-state index contributed by atoms with van der Waals surface area (Å²) in [5, 5.41) is 45.0. The van der Waals surface area contributed by atoms with Crippen LogP contribution < -0.4 is 4.74 Å². The predicted octanol–water partition coefficient (Wildman–Crippen LogP) is 3.06. The van der Waals surface area contributed by atoms with Crippen molar-refractivity contribution < 1.29 is 35.1 Å². The van der Waals surface area contributed by atoms with Gasteiger partial charge < -0.3 is 30.3 Å². The molecule has 3 rings (SSSR count). The van der Waals surface area contributed by atoms with Crippen molar-refractivity contribution >= 4 is 6.29 Å². The van der Waals surface area contributed by atoms with Gasteiger partial charge in [0.05, 0.1) is 6.61 Å². The molecule has 2 aromatic rings. The number of carbonyl (C=O) groups excluding carboxylic acids is 1. The minimum Gasteiger partial charge on any atom is -0.508 e. The summed E-state index contributed by atoms with van der Waals surface area (Å²) in [6, 6.07) is 4.99. The Hall–Kier alpha value is -3.09. The van der Waals surface area contributed by atoms with E-state index in [1.807, 2.05) is 13.8 Å². The van der Waals surface area contributed by atoms with Gasteiger partial charge in [0, 0.05) is 23.3 Å². The van der Waals surface area contributed by atoms with E-state index in [1.165, 1.54) is 12.1 Å². The first-order valence-corrected chi connectivity index (χ1v) is 7.80. The van der Waals surface area contributed by atoms with Gasteiger partial charge in [-0.05, 0) is 25.0 Å². The topological polar surface area (TPSA) is 127 Å². The largest absolute Gasteiger partial charge is 0.508 e. The van der Waals surface area contributed by atoms with E-state index in [9.17, 15) is 9.90 Å². The Morgan fingerprint density at radius 2 is 1.52 bits per heavy atom. The van der Waals surface area contributed by atoms with E-state index < -0.39 is 17.2 Å². The summed E-state index contributed by atoms with van der Waals surface area (Å²) in [6.45, 7) is 4.66. The number of rotatable bonds is 1. The van der Waals surface area contributed by atoms with Gasteiger partial charge in [-0.3, -0.25) is 4.79 Å². The third kappa shape index (κ3) is 5.20. The lowest BCUT2D eigenvalue weighted by molar-refractivity contribution is 0.112. The van der Waals surface area contributed by atoms with Crippen molar-refractivity contribution in [3.8, 4) is 34.5 Å². The van der Waals surface area contributed by atoms with Crippen molar-refractivity contribution in [3.63, 3.8) is 0 Å². The summed E-state index contributed by atoms with van der Waals surface area (Å²) in [5.41, 5.74) is 0.914. The molecule has 1 aliphatic rings. The Kier molecular flexibility index (Phi) is 7.40. The molecule has 2 aromatic carbocycles. The van der Waals surface area contributed by atoms with E-state index >= 15 is 0 Å². The highest BCUT2D eigenvalue weighted by molar-refractivity contribution is 5.78. The monoisotopic (exact) mass is 350 g/mol. The summed E-state index contributed by atoms with van der Waals surface area (Å²) in [5.74, 6) is -0.841. The number of phenolic OH excluding ortho intramolecular Hbond substituents is 5. The Bertz CT molecular complexity index is 703. The van der Waals surface area contributed by atoms with Crippen LogP contribution in [-0.2, 0) is 6.42 Å². The van der Waals surface area contributed by atoms with E-state index in [-0.39, 0.29) is 17.1 Å². The van der Waals surface area contributed by atoms with Crippen LogP contribution in [0.3, 0.4) is 0 Å².